The van der Waals surface area contributed by atoms with Crippen LogP contribution in [0.1, 0.15) is 16.8 Å². The number of benzene rings is 2. The van der Waals surface area contributed by atoms with Gasteiger partial charge in [0.1, 0.15) is 6.04 Å². The molecule has 1 saturated heterocycles. The lowest BCUT2D eigenvalue weighted by Gasteiger charge is -2.25. The Labute approximate surface area is 223 Å². The molecular weight excluding hydrogens is 508 g/mol. The summed E-state index contributed by atoms with van der Waals surface area (Å²) in [7, 11) is 0. The van der Waals surface area contributed by atoms with Crippen molar-refractivity contribution in [2.45, 2.75) is 24.5 Å². The van der Waals surface area contributed by atoms with E-state index in [9.17, 15) is 19.6 Å². The summed E-state index contributed by atoms with van der Waals surface area (Å²) in [6, 6.07) is 13.3. The number of nitrogens with zero attached hydrogens (tertiary/aromatic N) is 3. The van der Waals surface area contributed by atoms with E-state index in [2.05, 4.69) is 4.98 Å². The molecule has 7 N–H and O–H groups in total. The van der Waals surface area contributed by atoms with Gasteiger partial charge in [-0.15, -0.1) is 0 Å². The number of likely N-dealkylation sites (tertiary alicyclic amines) is 1. The highest BCUT2D eigenvalue weighted by atomic mass is 32.2. The predicted molar refractivity (Wildman–Crippen MR) is 143 cm³/mol. The van der Waals surface area contributed by atoms with Gasteiger partial charge in [-0.05, 0) is 12.1 Å². The van der Waals surface area contributed by atoms with E-state index in [1.807, 2.05) is 30.3 Å². The molecule has 1 aliphatic heterocycles. The van der Waals surface area contributed by atoms with Crippen LogP contribution in [0.15, 0.2) is 65.2 Å². The molecule has 0 unspecified atom stereocenters. The van der Waals surface area contributed by atoms with Crippen molar-refractivity contribution in [1.29, 1.82) is 0 Å². The van der Waals surface area contributed by atoms with Gasteiger partial charge in [0, 0.05) is 42.1 Å². The summed E-state index contributed by atoms with van der Waals surface area (Å²) in [6.45, 7) is 0.337. The van der Waals surface area contributed by atoms with Gasteiger partial charge in [0.05, 0.1) is 23.8 Å². The van der Waals surface area contributed by atoms with E-state index >= 15 is 0 Å². The Bertz CT molecular complexity index is 1290. The lowest BCUT2D eigenvalue weighted by Crippen LogP contribution is -2.49. The topological polar surface area (TPSA) is 182 Å². The number of primary amides is 1. The van der Waals surface area contributed by atoms with Gasteiger partial charge in [0.15, 0.2) is 5.76 Å². The second-order valence-corrected chi connectivity index (χ2v) is 10.0. The van der Waals surface area contributed by atoms with Crippen LogP contribution in [0.2, 0.25) is 0 Å². The minimum absolute atomic E-state index is 0.0225. The van der Waals surface area contributed by atoms with Crippen LogP contribution < -0.4 is 17.2 Å². The number of hydrogen-bond acceptors (Lipinski definition) is 9. The molecule has 0 spiro atoms. The predicted octanol–water partition coefficient (Wildman–Crippen LogP) is 1.31. The number of oxazole rings is 1. The average molecular weight is 539 g/mol. The fourth-order valence-electron chi connectivity index (χ4n) is 4.35. The SMILES string of the molecule is NCCSC[C@H](N)C(=O)N(O)[C@H]1C[C@@H](C(N)=O)N(C(=O)c2ccccc2-c2ncc(-c3ccccc3)o2)C1. The summed E-state index contributed by atoms with van der Waals surface area (Å²) in [5.41, 5.74) is 18.5. The first-order valence-electron chi connectivity index (χ1n) is 12.1. The molecule has 12 heteroatoms. The van der Waals surface area contributed by atoms with Crippen LogP contribution in [0.3, 0.4) is 0 Å². The smallest absolute Gasteiger partial charge is 0.263 e. The summed E-state index contributed by atoms with van der Waals surface area (Å²) in [4.78, 5) is 44.3. The van der Waals surface area contributed by atoms with Crippen molar-refractivity contribution in [3.8, 4) is 22.8 Å². The Morgan fingerprint density at radius 1 is 1.16 bits per heavy atom. The molecule has 1 fully saturated rings. The standard InChI is InChI=1S/C26H30N6O5S/c27-10-11-38-15-20(28)26(35)32(36)17-12-21(23(29)33)31(14-17)25(34)19-9-5-4-8-18(19)24-30-13-22(37-24)16-6-2-1-3-7-16/h1-9,13,17,20-21,36H,10-12,14-15,27-28H2,(H2,29,33)/t17-,20-,21-/m0/s1. The maximum absolute atomic E-state index is 13.7. The van der Waals surface area contributed by atoms with E-state index in [1.54, 1.807) is 30.5 Å². The Morgan fingerprint density at radius 3 is 2.58 bits per heavy atom. The lowest BCUT2D eigenvalue weighted by molar-refractivity contribution is -0.175. The third kappa shape index (κ3) is 5.89. The molecule has 1 aromatic heterocycles. The molecule has 0 saturated carbocycles. The van der Waals surface area contributed by atoms with Crippen molar-refractivity contribution in [2.24, 2.45) is 17.2 Å². The zero-order valence-electron chi connectivity index (χ0n) is 20.6. The number of hydroxylamine groups is 2. The van der Waals surface area contributed by atoms with E-state index in [0.717, 1.165) is 5.56 Å². The van der Waals surface area contributed by atoms with Crippen molar-refractivity contribution in [1.82, 2.24) is 14.9 Å². The van der Waals surface area contributed by atoms with Gasteiger partial charge < -0.3 is 26.5 Å². The summed E-state index contributed by atoms with van der Waals surface area (Å²) in [5.74, 6) is -0.284. The Balaban J connectivity index is 1.55. The van der Waals surface area contributed by atoms with E-state index in [-0.39, 0.29) is 30.2 Å². The Kier molecular flexibility index (Phi) is 8.79. The maximum atomic E-state index is 13.7. The fraction of sp³-hybridized carbons (Fsp3) is 0.308. The van der Waals surface area contributed by atoms with Gasteiger partial charge in [0.2, 0.25) is 11.8 Å². The first kappa shape index (κ1) is 27.3. The van der Waals surface area contributed by atoms with E-state index in [4.69, 9.17) is 21.6 Å². The van der Waals surface area contributed by atoms with E-state index in [1.165, 1.54) is 16.7 Å². The third-order valence-electron chi connectivity index (χ3n) is 6.27. The number of amides is 3. The van der Waals surface area contributed by atoms with Gasteiger partial charge in [-0.25, -0.2) is 10.0 Å². The molecule has 3 amide bonds. The normalized spacial score (nSPS) is 17.8. The summed E-state index contributed by atoms with van der Waals surface area (Å²) >= 11 is 1.40. The van der Waals surface area contributed by atoms with Crippen LogP contribution in [-0.4, -0.2) is 80.6 Å². The molecule has 3 atom stereocenters. The molecule has 38 heavy (non-hydrogen) atoms. The Hall–Kier alpha value is -3.71. The van der Waals surface area contributed by atoms with Crippen LogP contribution in [0, 0.1) is 0 Å². The number of rotatable bonds is 10. The number of nitrogens with two attached hydrogens (primary N) is 3. The molecule has 0 bridgehead atoms. The molecule has 1 aliphatic rings. The van der Waals surface area contributed by atoms with Crippen LogP contribution in [0.5, 0.6) is 0 Å². The fourth-order valence-corrected chi connectivity index (χ4v) is 5.08. The molecule has 3 aromatic rings. The van der Waals surface area contributed by atoms with Crippen molar-refractivity contribution in [3.63, 3.8) is 0 Å². The molecule has 4 rings (SSSR count). The van der Waals surface area contributed by atoms with Crippen LogP contribution in [0.25, 0.3) is 22.8 Å². The second-order valence-electron chi connectivity index (χ2n) is 8.86. The largest absolute Gasteiger partial charge is 0.436 e. The molecule has 0 aliphatic carbocycles. The number of thioether (sulfide) groups is 1. The van der Waals surface area contributed by atoms with Crippen molar-refractivity contribution in [2.75, 3.05) is 24.6 Å². The van der Waals surface area contributed by atoms with Crippen molar-refractivity contribution < 1.29 is 24.0 Å². The molecule has 2 aromatic carbocycles. The van der Waals surface area contributed by atoms with E-state index in [0.29, 0.717) is 28.7 Å². The monoisotopic (exact) mass is 538 g/mol. The number of carbonyl (C=O) groups is 3. The van der Waals surface area contributed by atoms with Crippen LogP contribution in [-0.2, 0) is 9.59 Å². The molecule has 11 nitrogen and oxygen atoms in total. The van der Waals surface area contributed by atoms with Crippen LogP contribution >= 0.6 is 11.8 Å². The third-order valence-corrected chi connectivity index (χ3v) is 7.39. The lowest BCUT2D eigenvalue weighted by atomic mass is 10.1. The molecule has 200 valence electrons. The first-order valence-corrected chi connectivity index (χ1v) is 13.2. The molecule has 2 heterocycles. The minimum atomic E-state index is -1.03. The van der Waals surface area contributed by atoms with Crippen LogP contribution in [0.4, 0.5) is 0 Å². The van der Waals surface area contributed by atoms with Gasteiger partial charge in [0.25, 0.3) is 11.8 Å². The summed E-state index contributed by atoms with van der Waals surface area (Å²) in [5, 5.41) is 11.1. The number of hydrogen-bond donors (Lipinski definition) is 4. The highest BCUT2D eigenvalue weighted by molar-refractivity contribution is 7.99. The average Bonchev–Trinajstić information content (AvgIpc) is 3.61. The van der Waals surface area contributed by atoms with Gasteiger partial charge >= 0.3 is 0 Å². The zero-order chi connectivity index (χ0) is 27.2. The summed E-state index contributed by atoms with van der Waals surface area (Å²) < 4.78 is 5.95. The summed E-state index contributed by atoms with van der Waals surface area (Å²) in [6.07, 6.45) is 1.56. The van der Waals surface area contributed by atoms with Crippen molar-refractivity contribution in [3.05, 3.63) is 66.4 Å². The van der Waals surface area contributed by atoms with E-state index < -0.39 is 35.8 Å². The minimum Gasteiger partial charge on any atom is -0.436 e. The number of aromatic nitrogens is 1. The quantitative estimate of drug-likeness (QED) is 0.168. The Morgan fingerprint density at radius 2 is 1.87 bits per heavy atom. The zero-order valence-corrected chi connectivity index (χ0v) is 21.4. The maximum Gasteiger partial charge on any atom is 0.263 e. The highest BCUT2D eigenvalue weighted by Gasteiger charge is 2.43. The molecule has 0 radical (unpaired) electrons. The number of carbonyl (C=O) groups excluding carboxylic acids is 3. The second kappa shape index (κ2) is 12.2. The van der Waals surface area contributed by atoms with Gasteiger partial charge in [-0.1, -0.05) is 42.5 Å². The first-order chi connectivity index (χ1) is 18.3. The van der Waals surface area contributed by atoms with Crippen molar-refractivity contribution >= 4 is 29.5 Å². The molecular formula is C26H30N6O5S. The van der Waals surface area contributed by atoms with Gasteiger partial charge in [-0.3, -0.25) is 19.6 Å². The van der Waals surface area contributed by atoms with Gasteiger partial charge in [-0.2, -0.15) is 11.8 Å². The highest BCUT2D eigenvalue weighted by Crippen LogP contribution is 2.31.